The van der Waals surface area contributed by atoms with Crippen molar-refractivity contribution in [2.24, 2.45) is 0 Å². The van der Waals surface area contributed by atoms with Crippen molar-refractivity contribution in [3.8, 4) is 0 Å². The van der Waals surface area contributed by atoms with Crippen molar-refractivity contribution >= 4 is 15.9 Å². The minimum atomic E-state index is 0.0398. The molecule has 102 valence electrons. The lowest BCUT2D eigenvalue weighted by Crippen LogP contribution is -2.32. The molecule has 1 heterocycles. The maximum Gasteiger partial charge on any atom is 0.264 e. The fourth-order valence-electron chi connectivity index (χ4n) is 1.92. The van der Waals surface area contributed by atoms with Gasteiger partial charge in [0.05, 0.1) is 4.47 Å². The summed E-state index contributed by atoms with van der Waals surface area (Å²) in [4.78, 5) is 11.7. The Bertz CT molecular complexity index is 403. The Labute approximate surface area is 118 Å². The van der Waals surface area contributed by atoms with Gasteiger partial charge in [-0.1, -0.05) is 26.2 Å². The van der Waals surface area contributed by atoms with Crippen LogP contribution in [0, 0.1) is 0 Å². The van der Waals surface area contributed by atoms with Crippen molar-refractivity contribution in [2.45, 2.75) is 52.1 Å². The van der Waals surface area contributed by atoms with E-state index >= 15 is 0 Å². The van der Waals surface area contributed by atoms with E-state index in [0.717, 1.165) is 13.1 Å². The molecule has 1 unspecified atom stereocenters. The Morgan fingerprint density at radius 1 is 1.44 bits per heavy atom. The molecule has 1 atom stereocenters. The van der Waals surface area contributed by atoms with E-state index in [0.29, 0.717) is 10.5 Å². The summed E-state index contributed by atoms with van der Waals surface area (Å²) >= 11 is 3.26. The summed E-state index contributed by atoms with van der Waals surface area (Å²) < 4.78 is 2.36. The Morgan fingerprint density at radius 3 is 2.94 bits per heavy atom. The number of nitrogens with zero attached hydrogens (tertiary/aromatic N) is 1. The quantitative estimate of drug-likeness (QED) is 0.748. The molecule has 0 aliphatic rings. The van der Waals surface area contributed by atoms with Crippen molar-refractivity contribution in [3.63, 3.8) is 0 Å². The molecule has 0 fully saturated rings. The van der Waals surface area contributed by atoms with Gasteiger partial charge < -0.3 is 9.88 Å². The third-order valence-corrected chi connectivity index (χ3v) is 3.66. The van der Waals surface area contributed by atoms with Crippen LogP contribution in [0.2, 0.25) is 0 Å². The van der Waals surface area contributed by atoms with Crippen LogP contribution in [0.5, 0.6) is 0 Å². The second-order valence-corrected chi connectivity index (χ2v) is 5.56. The Hall–Kier alpha value is -0.610. The van der Waals surface area contributed by atoms with Crippen LogP contribution in [-0.2, 0) is 6.54 Å². The van der Waals surface area contributed by atoms with Gasteiger partial charge in [0, 0.05) is 25.3 Å². The first-order valence-corrected chi connectivity index (χ1v) is 7.52. The highest BCUT2D eigenvalue weighted by molar-refractivity contribution is 9.10. The summed E-state index contributed by atoms with van der Waals surface area (Å²) in [6, 6.07) is 4.19. The van der Waals surface area contributed by atoms with Crippen molar-refractivity contribution in [3.05, 3.63) is 33.2 Å². The topological polar surface area (TPSA) is 34.0 Å². The van der Waals surface area contributed by atoms with E-state index in [-0.39, 0.29) is 5.56 Å². The molecule has 0 radical (unpaired) electrons. The SMILES string of the molecule is CCCCCC(C)NCCn1cccc(Br)c1=O. The lowest BCUT2D eigenvalue weighted by atomic mass is 10.1. The largest absolute Gasteiger partial charge is 0.313 e. The van der Waals surface area contributed by atoms with E-state index in [1.165, 1.54) is 25.7 Å². The van der Waals surface area contributed by atoms with Crippen LogP contribution < -0.4 is 10.9 Å². The van der Waals surface area contributed by atoms with Crippen LogP contribution in [0.25, 0.3) is 0 Å². The van der Waals surface area contributed by atoms with E-state index in [9.17, 15) is 4.79 Å². The van der Waals surface area contributed by atoms with Crippen molar-refractivity contribution in [1.29, 1.82) is 0 Å². The molecule has 1 aromatic rings. The third kappa shape index (κ3) is 5.36. The van der Waals surface area contributed by atoms with Gasteiger partial charge >= 0.3 is 0 Å². The number of hydrogen-bond acceptors (Lipinski definition) is 2. The van der Waals surface area contributed by atoms with Crippen LogP contribution in [0.3, 0.4) is 0 Å². The molecule has 3 nitrogen and oxygen atoms in total. The zero-order valence-electron chi connectivity index (χ0n) is 11.3. The highest BCUT2D eigenvalue weighted by Gasteiger charge is 2.02. The Balaban J connectivity index is 2.29. The number of rotatable bonds is 8. The number of halogens is 1. The predicted molar refractivity (Wildman–Crippen MR) is 80.0 cm³/mol. The molecule has 1 N–H and O–H groups in total. The first kappa shape index (κ1) is 15.4. The van der Waals surface area contributed by atoms with E-state index in [4.69, 9.17) is 0 Å². The van der Waals surface area contributed by atoms with Gasteiger partial charge in [-0.3, -0.25) is 4.79 Å². The van der Waals surface area contributed by atoms with E-state index < -0.39 is 0 Å². The van der Waals surface area contributed by atoms with E-state index in [2.05, 4.69) is 35.1 Å². The number of aromatic nitrogens is 1. The summed E-state index contributed by atoms with van der Waals surface area (Å²) in [6.45, 7) is 5.98. The molecule has 0 amide bonds. The van der Waals surface area contributed by atoms with Crippen molar-refractivity contribution < 1.29 is 0 Å². The second kappa shape index (κ2) is 8.48. The highest BCUT2D eigenvalue weighted by Crippen LogP contribution is 2.03. The predicted octanol–water partition coefficient (Wildman–Crippen LogP) is 3.17. The smallest absolute Gasteiger partial charge is 0.264 e. The van der Waals surface area contributed by atoms with E-state index in [1.807, 2.05) is 12.3 Å². The number of pyridine rings is 1. The van der Waals surface area contributed by atoms with Crippen molar-refractivity contribution in [1.82, 2.24) is 9.88 Å². The zero-order chi connectivity index (χ0) is 13.4. The molecule has 1 aromatic heterocycles. The van der Waals surface area contributed by atoms with Gasteiger partial charge in [-0.15, -0.1) is 0 Å². The fourth-order valence-corrected chi connectivity index (χ4v) is 2.30. The number of nitrogens with one attached hydrogen (secondary N) is 1. The van der Waals surface area contributed by atoms with Gasteiger partial charge in [-0.2, -0.15) is 0 Å². The maximum atomic E-state index is 11.7. The van der Waals surface area contributed by atoms with Crippen LogP contribution >= 0.6 is 15.9 Å². The number of hydrogen-bond donors (Lipinski definition) is 1. The molecule has 0 bridgehead atoms. The Morgan fingerprint density at radius 2 is 2.22 bits per heavy atom. The average Bonchev–Trinajstić information content (AvgIpc) is 2.35. The maximum absolute atomic E-state index is 11.7. The highest BCUT2D eigenvalue weighted by atomic mass is 79.9. The standard InChI is InChI=1S/C14H23BrN2O/c1-3-4-5-7-12(2)16-9-11-17-10-6-8-13(15)14(17)18/h6,8,10,12,16H,3-5,7,9,11H2,1-2H3. The summed E-state index contributed by atoms with van der Waals surface area (Å²) in [5.41, 5.74) is 0.0398. The van der Waals surface area contributed by atoms with Gasteiger partial charge in [0.25, 0.3) is 5.56 Å². The molecule has 0 spiro atoms. The molecule has 18 heavy (non-hydrogen) atoms. The van der Waals surface area contributed by atoms with Crippen LogP contribution in [0.15, 0.2) is 27.6 Å². The van der Waals surface area contributed by atoms with Crippen LogP contribution in [0.4, 0.5) is 0 Å². The molecular weight excluding hydrogens is 292 g/mol. The fraction of sp³-hybridized carbons (Fsp3) is 0.643. The van der Waals surface area contributed by atoms with Gasteiger partial charge in [-0.25, -0.2) is 0 Å². The first-order chi connectivity index (χ1) is 8.65. The minimum absolute atomic E-state index is 0.0398. The molecule has 0 aromatic carbocycles. The normalized spacial score (nSPS) is 12.6. The van der Waals surface area contributed by atoms with E-state index in [1.54, 1.807) is 10.6 Å². The zero-order valence-corrected chi connectivity index (χ0v) is 12.9. The summed E-state index contributed by atoms with van der Waals surface area (Å²) in [7, 11) is 0. The molecule has 1 rings (SSSR count). The summed E-state index contributed by atoms with van der Waals surface area (Å²) in [5, 5.41) is 3.46. The third-order valence-electron chi connectivity index (χ3n) is 3.06. The molecule has 0 aliphatic heterocycles. The molecular formula is C14H23BrN2O. The van der Waals surface area contributed by atoms with Gasteiger partial charge in [-0.05, 0) is 41.4 Å². The Kier molecular flexibility index (Phi) is 7.28. The lowest BCUT2D eigenvalue weighted by Gasteiger charge is -2.14. The van der Waals surface area contributed by atoms with Gasteiger partial charge in [0.1, 0.15) is 0 Å². The number of unbranched alkanes of at least 4 members (excludes halogenated alkanes) is 2. The van der Waals surface area contributed by atoms with Crippen molar-refractivity contribution in [2.75, 3.05) is 6.54 Å². The molecule has 4 heteroatoms. The van der Waals surface area contributed by atoms with Gasteiger partial charge in [0.15, 0.2) is 0 Å². The monoisotopic (exact) mass is 314 g/mol. The van der Waals surface area contributed by atoms with Crippen LogP contribution in [-0.4, -0.2) is 17.2 Å². The van der Waals surface area contributed by atoms with Gasteiger partial charge in [0.2, 0.25) is 0 Å². The summed E-state index contributed by atoms with van der Waals surface area (Å²) in [6.07, 6.45) is 6.89. The first-order valence-electron chi connectivity index (χ1n) is 6.73. The van der Waals surface area contributed by atoms with Crippen LogP contribution in [0.1, 0.15) is 39.5 Å². The summed E-state index contributed by atoms with van der Waals surface area (Å²) in [5.74, 6) is 0. The average molecular weight is 315 g/mol. The molecule has 0 saturated heterocycles. The second-order valence-electron chi connectivity index (χ2n) is 4.71. The lowest BCUT2D eigenvalue weighted by molar-refractivity contribution is 0.467. The molecule has 0 aliphatic carbocycles. The minimum Gasteiger partial charge on any atom is -0.313 e. The molecule has 0 saturated carbocycles.